The third-order valence-corrected chi connectivity index (χ3v) is 4.04. The average molecular weight is 339 g/mol. The number of aryl methyl sites for hydroxylation is 1. The minimum atomic E-state index is -0.753. The van der Waals surface area contributed by atoms with Crippen molar-refractivity contribution in [2.24, 2.45) is 0 Å². The summed E-state index contributed by atoms with van der Waals surface area (Å²) < 4.78 is 20.6. The predicted octanol–water partition coefficient (Wildman–Crippen LogP) is 2.59. The molecule has 1 aromatic carbocycles. The number of H-pyrrole nitrogens is 1. The first-order valence-electron chi connectivity index (χ1n) is 7.41. The molecule has 3 rings (SSSR count). The SMILES string of the molecule is CC(C)Oc1cc(-n2c(=O)[nH]c3c(c2=O)CCC3)c(F)cc1Cl. The van der Waals surface area contributed by atoms with Gasteiger partial charge in [-0.2, -0.15) is 0 Å². The van der Waals surface area contributed by atoms with Crippen LogP contribution in [0.4, 0.5) is 4.39 Å². The molecule has 0 saturated heterocycles. The fourth-order valence-corrected chi connectivity index (χ4v) is 2.98. The van der Waals surface area contributed by atoms with Crippen molar-refractivity contribution in [3.63, 3.8) is 0 Å². The van der Waals surface area contributed by atoms with Crippen molar-refractivity contribution in [2.75, 3.05) is 0 Å². The first-order chi connectivity index (χ1) is 10.9. The molecule has 2 aromatic rings. The van der Waals surface area contributed by atoms with E-state index in [1.165, 1.54) is 6.07 Å². The fraction of sp³-hybridized carbons (Fsp3) is 0.375. The van der Waals surface area contributed by atoms with Gasteiger partial charge in [0.2, 0.25) is 0 Å². The molecule has 0 radical (unpaired) electrons. The molecule has 1 aromatic heterocycles. The van der Waals surface area contributed by atoms with Crippen LogP contribution in [0.1, 0.15) is 31.5 Å². The molecule has 0 amide bonds. The maximum atomic E-state index is 14.3. The van der Waals surface area contributed by atoms with Crippen LogP contribution in [0.2, 0.25) is 5.02 Å². The number of benzene rings is 1. The van der Waals surface area contributed by atoms with Crippen molar-refractivity contribution in [3.8, 4) is 11.4 Å². The van der Waals surface area contributed by atoms with Gasteiger partial charge in [0.25, 0.3) is 5.56 Å². The number of nitrogens with zero attached hydrogens (tertiary/aromatic N) is 1. The van der Waals surface area contributed by atoms with Gasteiger partial charge in [0.15, 0.2) is 0 Å². The Hall–Kier alpha value is -2.08. The molecular weight excluding hydrogens is 323 g/mol. The van der Waals surface area contributed by atoms with Gasteiger partial charge in [0.1, 0.15) is 11.6 Å². The second-order valence-electron chi connectivity index (χ2n) is 5.78. The molecule has 23 heavy (non-hydrogen) atoms. The highest BCUT2D eigenvalue weighted by atomic mass is 35.5. The van der Waals surface area contributed by atoms with E-state index in [4.69, 9.17) is 16.3 Å². The van der Waals surface area contributed by atoms with E-state index in [-0.39, 0.29) is 22.6 Å². The van der Waals surface area contributed by atoms with E-state index >= 15 is 0 Å². The number of fused-ring (bicyclic) bond motifs is 1. The Morgan fingerprint density at radius 1 is 1.30 bits per heavy atom. The van der Waals surface area contributed by atoms with Gasteiger partial charge < -0.3 is 9.72 Å². The van der Waals surface area contributed by atoms with Crippen molar-refractivity contribution in [1.82, 2.24) is 9.55 Å². The van der Waals surface area contributed by atoms with Gasteiger partial charge in [-0.3, -0.25) is 4.79 Å². The summed E-state index contributed by atoms with van der Waals surface area (Å²) in [5.41, 5.74) is -0.133. The molecule has 0 unspecified atom stereocenters. The van der Waals surface area contributed by atoms with Gasteiger partial charge in [0.05, 0.1) is 16.8 Å². The van der Waals surface area contributed by atoms with Crippen LogP contribution in [0.3, 0.4) is 0 Å². The molecule has 1 aliphatic carbocycles. The summed E-state index contributed by atoms with van der Waals surface area (Å²) in [4.78, 5) is 27.5. The van der Waals surface area contributed by atoms with Crippen LogP contribution in [0.25, 0.3) is 5.69 Å². The van der Waals surface area contributed by atoms with E-state index in [0.717, 1.165) is 17.1 Å². The van der Waals surface area contributed by atoms with Crippen molar-refractivity contribution < 1.29 is 9.13 Å². The number of aromatic nitrogens is 2. The summed E-state index contributed by atoms with van der Waals surface area (Å²) in [6.45, 7) is 3.60. The highest BCUT2D eigenvalue weighted by Crippen LogP contribution is 2.30. The Morgan fingerprint density at radius 2 is 2.04 bits per heavy atom. The predicted molar refractivity (Wildman–Crippen MR) is 85.4 cm³/mol. The number of nitrogens with one attached hydrogen (secondary N) is 1. The molecule has 5 nitrogen and oxygen atoms in total. The smallest absolute Gasteiger partial charge is 0.333 e. The minimum Gasteiger partial charge on any atom is -0.489 e. The molecule has 1 aliphatic rings. The quantitative estimate of drug-likeness (QED) is 0.935. The summed E-state index contributed by atoms with van der Waals surface area (Å²) >= 11 is 5.97. The van der Waals surface area contributed by atoms with E-state index < -0.39 is 17.1 Å². The van der Waals surface area contributed by atoms with E-state index in [2.05, 4.69) is 4.98 Å². The van der Waals surface area contributed by atoms with Crippen LogP contribution >= 0.6 is 11.6 Å². The minimum absolute atomic E-state index is 0.0885. The van der Waals surface area contributed by atoms with Gasteiger partial charge in [-0.25, -0.2) is 13.8 Å². The second kappa shape index (κ2) is 5.85. The van der Waals surface area contributed by atoms with Crippen LogP contribution in [0.5, 0.6) is 5.75 Å². The number of hydrogen-bond acceptors (Lipinski definition) is 3. The summed E-state index contributed by atoms with van der Waals surface area (Å²) in [6, 6.07) is 2.34. The van der Waals surface area contributed by atoms with E-state index in [1.807, 2.05) is 0 Å². The molecule has 0 atom stereocenters. The maximum absolute atomic E-state index is 14.3. The van der Waals surface area contributed by atoms with Gasteiger partial charge in [0, 0.05) is 17.3 Å². The zero-order chi connectivity index (χ0) is 16.7. The topological polar surface area (TPSA) is 64.1 Å². The van der Waals surface area contributed by atoms with Gasteiger partial charge >= 0.3 is 5.69 Å². The first-order valence-corrected chi connectivity index (χ1v) is 7.79. The Morgan fingerprint density at radius 3 is 2.74 bits per heavy atom. The molecule has 122 valence electrons. The van der Waals surface area contributed by atoms with Crippen molar-refractivity contribution in [1.29, 1.82) is 0 Å². The third kappa shape index (κ3) is 2.79. The molecule has 0 aliphatic heterocycles. The Balaban J connectivity index is 2.24. The lowest BCUT2D eigenvalue weighted by molar-refractivity contribution is 0.242. The molecule has 0 fully saturated rings. The number of aromatic amines is 1. The summed E-state index contributed by atoms with van der Waals surface area (Å²) in [6.07, 6.45) is 1.86. The monoisotopic (exact) mass is 338 g/mol. The van der Waals surface area contributed by atoms with Crippen molar-refractivity contribution in [2.45, 2.75) is 39.2 Å². The van der Waals surface area contributed by atoms with Crippen LogP contribution in [0, 0.1) is 5.82 Å². The summed E-state index contributed by atoms with van der Waals surface area (Å²) in [5, 5.41) is 0.0885. The number of ether oxygens (including phenoxy) is 1. The number of rotatable bonds is 3. The summed E-state index contributed by atoms with van der Waals surface area (Å²) in [5.74, 6) is -0.526. The zero-order valence-corrected chi connectivity index (χ0v) is 13.5. The zero-order valence-electron chi connectivity index (χ0n) is 12.8. The molecule has 7 heteroatoms. The lowest BCUT2D eigenvalue weighted by Crippen LogP contribution is -2.36. The summed E-state index contributed by atoms with van der Waals surface area (Å²) in [7, 11) is 0. The van der Waals surface area contributed by atoms with Gasteiger partial charge in [-0.1, -0.05) is 11.6 Å². The van der Waals surface area contributed by atoms with Crippen LogP contribution in [0.15, 0.2) is 21.7 Å². The van der Waals surface area contributed by atoms with E-state index in [0.29, 0.717) is 24.1 Å². The van der Waals surface area contributed by atoms with Crippen molar-refractivity contribution >= 4 is 11.6 Å². The standard InChI is InChI=1S/C16H16ClFN2O3/c1-8(2)23-14-7-13(11(18)6-10(14)17)20-15(21)9-4-3-5-12(9)19-16(20)22/h6-8H,3-5H2,1-2H3,(H,19,22). The molecule has 0 saturated carbocycles. The van der Waals surface area contributed by atoms with E-state index in [1.54, 1.807) is 13.8 Å². The van der Waals surface area contributed by atoms with Crippen LogP contribution < -0.4 is 16.0 Å². The first kappa shape index (κ1) is 15.8. The largest absolute Gasteiger partial charge is 0.489 e. The van der Waals surface area contributed by atoms with Gasteiger partial charge in [-0.05, 0) is 39.2 Å². The molecule has 0 bridgehead atoms. The van der Waals surface area contributed by atoms with Crippen molar-refractivity contribution in [3.05, 3.63) is 55.1 Å². The Bertz CT molecular complexity index is 886. The number of halogens is 2. The van der Waals surface area contributed by atoms with Crippen LogP contribution in [-0.4, -0.2) is 15.7 Å². The molecular formula is C16H16ClFN2O3. The fourth-order valence-electron chi connectivity index (χ4n) is 2.78. The molecule has 0 spiro atoms. The number of hydrogen-bond donors (Lipinski definition) is 1. The lowest BCUT2D eigenvalue weighted by Gasteiger charge is -2.14. The molecule has 1 heterocycles. The Labute approximate surface area is 136 Å². The Kier molecular flexibility index (Phi) is 4.02. The third-order valence-electron chi connectivity index (χ3n) is 3.74. The average Bonchev–Trinajstić information content (AvgIpc) is 2.91. The van der Waals surface area contributed by atoms with Crippen LogP contribution in [-0.2, 0) is 12.8 Å². The van der Waals surface area contributed by atoms with E-state index in [9.17, 15) is 14.0 Å². The normalized spacial score (nSPS) is 13.4. The lowest BCUT2D eigenvalue weighted by atomic mass is 10.2. The second-order valence-corrected chi connectivity index (χ2v) is 6.19. The highest BCUT2D eigenvalue weighted by Gasteiger charge is 2.22. The highest BCUT2D eigenvalue weighted by molar-refractivity contribution is 6.32. The molecule has 1 N–H and O–H groups in total. The maximum Gasteiger partial charge on any atom is 0.333 e. The van der Waals surface area contributed by atoms with Gasteiger partial charge in [-0.15, -0.1) is 0 Å².